The number of nitrogens with two attached hydrogens (primary N) is 1. The molecular weight excluding hydrogens is 286 g/mol. The molecule has 0 spiro atoms. The molecular formula is C19H31N3O. The number of hydrogen-bond donors (Lipinski definition) is 2. The number of benzene rings is 1. The van der Waals surface area contributed by atoms with E-state index >= 15 is 0 Å². The first kappa shape index (κ1) is 18.0. The summed E-state index contributed by atoms with van der Waals surface area (Å²) >= 11 is 0. The maximum atomic E-state index is 12.4. The Kier molecular flexibility index (Phi) is 7.56. The van der Waals surface area contributed by atoms with Crippen LogP contribution in [0.2, 0.25) is 0 Å². The minimum atomic E-state index is 0.144. The molecule has 23 heavy (non-hydrogen) atoms. The zero-order valence-corrected chi connectivity index (χ0v) is 14.3. The third-order valence-electron chi connectivity index (χ3n) is 4.83. The van der Waals surface area contributed by atoms with E-state index in [0.29, 0.717) is 25.0 Å². The van der Waals surface area contributed by atoms with Crippen molar-refractivity contribution in [1.29, 1.82) is 0 Å². The summed E-state index contributed by atoms with van der Waals surface area (Å²) in [6, 6.07) is 10.7. The molecule has 0 radical (unpaired) electrons. The van der Waals surface area contributed by atoms with E-state index in [4.69, 9.17) is 5.73 Å². The maximum absolute atomic E-state index is 12.4. The van der Waals surface area contributed by atoms with E-state index in [1.165, 1.54) is 24.8 Å². The van der Waals surface area contributed by atoms with Crippen LogP contribution in [0.1, 0.15) is 38.2 Å². The summed E-state index contributed by atoms with van der Waals surface area (Å²) in [6.45, 7) is 4.92. The average molecular weight is 317 g/mol. The van der Waals surface area contributed by atoms with Crippen LogP contribution in [-0.4, -0.2) is 43.0 Å². The molecule has 0 bridgehead atoms. The maximum Gasteiger partial charge on any atom is 0.234 e. The molecule has 1 aliphatic rings. The fraction of sp³-hybridized carbons (Fsp3) is 0.632. The third kappa shape index (κ3) is 6.32. The second kappa shape index (κ2) is 9.68. The van der Waals surface area contributed by atoms with Crippen molar-refractivity contribution in [3.05, 3.63) is 35.9 Å². The van der Waals surface area contributed by atoms with E-state index in [-0.39, 0.29) is 5.91 Å². The monoisotopic (exact) mass is 317 g/mol. The molecule has 1 aromatic carbocycles. The van der Waals surface area contributed by atoms with Crippen LogP contribution >= 0.6 is 0 Å². The Morgan fingerprint density at radius 1 is 1.22 bits per heavy atom. The van der Waals surface area contributed by atoms with Crippen molar-refractivity contribution in [1.82, 2.24) is 10.2 Å². The van der Waals surface area contributed by atoms with Gasteiger partial charge in [0.05, 0.1) is 6.54 Å². The second-order valence-corrected chi connectivity index (χ2v) is 6.74. The third-order valence-corrected chi connectivity index (χ3v) is 4.83. The van der Waals surface area contributed by atoms with E-state index in [0.717, 1.165) is 25.9 Å². The molecule has 0 saturated heterocycles. The molecule has 2 unspecified atom stereocenters. The van der Waals surface area contributed by atoms with Gasteiger partial charge >= 0.3 is 0 Å². The molecule has 3 N–H and O–H groups in total. The highest BCUT2D eigenvalue weighted by Gasteiger charge is 2.23. The van der Waals surface area contributed by atoms with E-state index in [2.05, 4.69) is 41.4 Å². The van der Waals surface area contributed by atoms with Gasteiger partial charge in [0.25, 0.3) is 0 Å². The van der Waals surface area contributed by atoms with Crippen LogP contribution in [0.5, 0.6) is 0 Å². The molecule has 1 aliphatic carbocycles. The van der Waals surface area contributed by atoms with Gasteiger partial charge in [-0.25, -0.2) is 0 Å². The largest absolute Gasteiger partial charge is 0.352 e. The molecule has 4 nitrogen and oxygen atoms in total. The summed E-state index contributed by atoms with van der Waals surface area (Å²) < 4.78 is 0. The average Bonchev–Trinajstić information content (AvgIpc) is 2.56. The number of nitrogens with zero attached hydrogens (tertiary/aromatic N) is 1. The van der Waals surface area contributed by atoms with Crippen molar-refractivity contribution in [2.45, 2.75) is 45.1 Å². The van der Waals surface area contributed by atoms with Crippen LogP contribution in [0.25, 0.3) is 0 Å². The van der Waals surface area contributed by atoms with Gasteiger partial charge in [-0.2, -0.15) is 0 Å². The quantitative estimate of drug-likeness (QED) is 0.773. The van der Waals surface area contributed by atoms with Gasteiger partial charge < -0.3 is 11.1 Å². The SMILES string of the molecule is CC1CCCCC1NC(=O)CN(CCN)CCc1ccccc1. The molecule has 1 amide bonds. The van der Waals surface area contributed by atoms with E-state index < -0.39 is 0 Å². The van der Waals surface area contributed by atoms with E-state index in [9.17, 15) is 4.79 Å². The summed E-state index contributed by atoms with van der Waals surface area (Å²) in [5.41, 5.74) is 7.01. The smallest absolute Gasteiger partial charge is 0.234 e. The fourth-order valence-corrected chi connectivity index (χ4v) is 3.37. The zero-order chi connectivity index (χ0) is 16.5. The van der Waals surface area contributed by atoms with Gasteiger partial charge in [0.1, 0.15) is 0 Å². The lowest BCUT2D eigenvalue weighted by Gasteiger charge is -2.30. The first-order valence-corrected chi connectivity index (χ1v) is 8.94. The summed E-state index contributed by atoms with van der Waals surface area (Å²) in [6.07, 6.45) is 5.83. The molecule has 4 heteroatoms. The molecule has 1 aromatic rings. The predicted molar refractivity (Wildman–Crippen MR) is 95.2 cm³/mol. The van der Waals surface area contributed by atoms with Crippen LogP contribution in [-0.2, 0) is 11.2 Å². The molecule has 0 heterocycles. The first-order chi connectivity index (χ1) is 11.2. The molecule has 0 aliphatic heterocycles. The van der Waals surface area contributed by atoms with Crippen molar-refractivity contribution >= 4 is 5.91 Å². The predicted octanol–water partition coefficient (Wildman–Crippen LogP) is 2.18. The van der Waals surface area contributed by atoms with Crippen molar-refractivity contribution in [3.63, 3.8) is 0 Å². The number of carbonyl (C=O) groups is 1. The Bertz CT molecular complexity index is 463. The highest BCUT2D eigenvalue weighted by atomic mass is 16.2. The number of carbonyl (C=O) groups excluding carboxylic acids is 1. The van der Waals surface area contributed by atoms with Gasteiger partial charge in [-0.3, -0.25) is 9.69 Å². The van der Waals surface area contributed by atoms with Crippen LogP contribution in [0.3, 0.4) is 0 Å². The molecule has 1 fully saturated rings. The summed E-state index contributed by atoms with van der Waals surface area (Å²) in [7, 11) is 0. The molecule has 128 valence electrons. The van der Waals surface area contributed by atoms with E-state index in [1.54, 1.807) is 0 Å². The van der Waals surface area contributed by atoms with Crippen LogP contribution in [0.4, 0.5) is 0 Å². The molecule has 2 atom stereocenters. The lowest BCUT2D eigenvalue weighted by molar-refractivity contribution is -0.123. The van der Waals surface area contributed by atoms with Crippen molar-refractivity contribution < 1.29 is 4.79 Å². The number of nitrogens with one attached hydrogen (secondary N) is 1. The summed E-state index contributed by atoms with van der Waals surface area (Å²) in [5, 5.41) is 3.23. The number of rotatable bonds is 8. The topological polar surface area (TPSA) is 58.4 Å². The Morgan fingerprint density at radius 2 is 1.96 bits per heavy atom. The lowest BCUT2D eigenvalue weighted by atomic mass is 9.86. The summed E-state index contributed by atoms with van der Waals surface area (Å²) in [4.78, 5) is 14.5. The molecule has 2 rings (SSSR count). The van der Waals surface area contributed by atoms with Crippen LogP contribution < -0.4 is 11.1 Å². The Balaban J connectivity index is 1.79. The van der Waals surface area contributed by atoms with Crippen LogP contribution in [0, 0.1) is 5.92 Å². The molecule has 0 aromatic heterocycles. The van der Waals surface area contributed by atoms with Gasteiger partial charge in [-0.1, -0.05) is 50.1 Å². The minimum absolute atomic E-state index is 0.144. The van der Waals surface area contributed by atoms with Crippen LogP contribution in [0.15, 0.2) is 30.3 Å². The highest BCUT2D eigenvalue weighted by molar-refractivity contribution is 5.78. The number of hydrogen-bond acceptors (Lipinski definition) is 3. The fourth-order valence-electron chi connectivity index (χ4n) is 3.37. The van der Waals surface area contributed by atoms with Gasteiger partial charge in [-0.15, -0.1) is 0 Å². The van der Waals surface area contributed by atoms with Crippen molar-refractivity contribution in [2.75, 3.05) is 26.2 Å². The van der Waals surface area contributed by atoms with Gasteiger partial charge in [-0.05, 0) is 30.7 Å². The van der Waals surface area contributed by atoms with Gasteiger partial charge in [0.2, 0.25) is 5.91 Å². The highest BCUT2D eigenvalue weighted by Crippen LogP contribution is 2.23. The number of amides is 1. The van der Waals surface area contributed by atoms with Gasteiger partial charge in [0.15, 0.2) is 0 Å². The normalized spacial score (nSPS) is 21.3. The first-order valence-electron chi connectivity index (χ1n) is 8.94. The minimum Gasteiger partial charge on any atom is -0.352 e. The zero-order valence-electron chi connectivity index (χ0n) is 14.3. The second-order valence-electron chi connectivity index (χ2n) is 6.74. The van der Waals surface area contributed by atoms with E-state index in [1.807, 2.05) is 6.07 Å². The lowest BCUT2D eigenvalue weighted by Crippen LogP contribution is -2.46. The Morgan fingerprint density at radius 3 is 2.65 bits per heavy atom. The Hall–Kier alpha value is -1.39. The van der Waals surface area contributed by atoms with Crippen molar-refractivity contribution in [2.24, 2.45) is 11.7 Å². The molecule has 1 saturated carbocycles. The van der Waals surface area contributed by atoms with Crippen molar-refractivity contribution in [3.8, 4) is 0 Å². The Labute approximate surface area is 140 Å². The summed E-state index contributed by atoms with van der Waals surface area (Å²) in [5.74, 6) is 0.741. The standard InChI is InChI=1S/C19H31N3O/c1-16-7-5-6-10-18(16)21-19(23)15-22(14-12-20)13-11-17-8-3-2-4-9-17/h2-4,8-9,16,18H,5-7,10-15,20H2,1H3,(H,21,23). The van der Waals surface area contributed by atoms with Gasteiger partial charge in [0, 0.05) is 25.7 Å².